The predicted octanol–water partition coefficient (Wildman–Crippen LogP) is 2.67. The minimum absolute atomic E-state index is 0.295. The number of hydrogen-bond acceptors (Lipinski definition) is 6. The molecule has 27 heavy (non-hydrogen) atoms. The molecule has 0 saturated heterocycles. The third-order valence-corrected chi connectivity index (χ3v) is 4.09. The zero-order valence-electron chi connectivity index (χ0n) is 15.7. The summed E-state index contributed by atoms with van der Waals surface area (Å²) in [5.74, 6) is 0.711. The second kappa shape index (κ2) is 8.66. The first-order chi connectivity index (χ1) is 13.1. The number of methoxy groups -OCH3 is 2. The van der Waals surface area contributed by atoms with Gasteiger partial charge in [-0.2, -0.15) is 4.98 Å². The molecule has 7 heteroatoms. The van der Waals surface area contributed by atoms with Crippen LogP contribution >= 0.6 is 0 Å². The first-order valence-electron chi connectivity index (χ1n) is 8.70. The van der Waals surface area contributed by atoms with Gasteiger partial charge < -0.3 is 19.9 Å². The van der Waals surface area contributed by atoms with E-state index in [0.717, 1.165) is 16.9 Å². The molecule has 7 nitrogen and oxygen atoms in total. The number of nitrogens with zero attached hydrogens (tertiary/aromatic N) is 3. The van der Waals surface area contributed by atoms with Crippen LogP contribution in [0.1, 0.15) is 5.56 Å². The Morgan fingerprint density at radius 3 is 2.41 bits per heavy atom. The van der Waals surface area contributed by atoms with Gasteiger partial charge in [0.25, 0.3) is 0 Å². The van der Waals surface area contributed by atoms with Gasteiger partial charge in [0.2, 0.25) is 0 Å². The summed E-state index contributed by atoms with van der Waals surface area (Å²) in [6.07, 6.45) is -0.553. The zero-order chi connectivity index (χ0) is 19.2. The Bertz CT molecular complexity index is 860. The summed E-state index contributed by atoms with van der Waals surface area (Å²) in [5.41, 5.74) is 3.91. The number of hydrogen-bond donors (Lipinski definition) is 2. The number of benzene rings is 2. The summed E-state index contributed by atoms with van der Waals surface area (Å²) in [6, 6.07) is 16.2. The lowest BCUT2D eigenvalue weighted by molar-refractivity contribution is 0.0727. The third kappa shape index (κ3) is 4.64. The lowest BCUT2D eigenvalue weighted by Gasteiger charge is -2.12. The van der Waals surface area contributed by atoms with Gasteiger partial charge in [-0.1, -0.05) is 29.8 Å². The molecule has 1 heterocycles. The van der Waals surface area contributed by atoms with Crippen LogP contribution < -0.4 is 10.1 Å². The van der Waals surface area contributed by atoms with Crippen LogP contribution in [0.15, 0.2) is 48.5 Å². The van der Waals surface area contributed by atoms with Gasteiger partial charge in [0, 0.05) is 24.9 Å². The summed E-state index contributed by atoms with van der Waals surface area (Å²) >= 11 is 0. The van der Waals surface area contributed by atoms with E-state index in [9.17, 15) is 5.11 Å². The van der Waals surface area contributed by atoms with E-state index in [-0.39, 0.29) is 0 Å². The minimum atomic E-state index is -0.553. The maximum absolute atomic E-state index is 9.73. The van der Waals surface area contributed by atoms with Gasteiger partial charge in [-0.05, 0) is 31.2 Å². The van der Waals surface area contributed by atoms with Crippen LogP contribution in [-0.4, -0.2) is 53.3 Å². The molecule has 3 rings (SSSR count). The van der Waals surface area contributed by atoms with E-state index in [1.807, 2.05) is 55.5 Å². The normalized spacial score (nSPS) is 12.0. The summed E-state index contributed by atoms with van der Waals surface area (Å²) < 4.78 is 11.9. The van der Waals surface area contributed by atoms with Crippen molar-refractivity contribution < 1.29 is 14.6 Å². The number of nitrogens with one attached hydrogen (secondary N) is 1. The van der Waals surface area contributed by atoms with Crippen LogP contribution in [0.5, 0.6) is 6.01 Å². The molecule has 0 amide bonds. The number of aromatic nitrogens is 3. The first-order valence-corrected chi connectivity index (χ1v) is 8.70. The Balaban J connectivity index is 1.83. The van der Waals surface area contributed by atoms with Crippen LogP contribution in [0.25, 0.3) is 17.1 Å². The highest BCUT2D eigenvalue weighted by Gasteiger charge is 2.14. The quantitative estimate of drug-likeness (QED) is 0.636. The SMILES string of the molecule is COCC(O)CNc1ccc(-n2nc(OC)nc2-c2ccc(C)cc2)cc1. The summed E-state index contributed by atoms with van der Waals surface area (Å²) in [5, 5.41) is 17.3. The van der Waals surface area contributed by atoms with Crippen molar-refractivity contribution in [3.63, 3.8) is 0 Å². The molecule has 0 fully saturated rings. The molecule has 2 N–H and O–H groups in total. The van der Waals surface area contributed by atoms with Gasteiger partial charge in [-0.3, -0.25) is 0 Å². The fraction of sp³-hybridized carbons (Fsp3) is 0.300. The van der Waals surface area contributed by atoms with Crippen molar-refractivity contribution in [2.45, 2.75) is 13.0 Å². The highest BCUT2D eigenvalue weighted by atomic mass is 16.5. The van der Waals surface area contributed by atoms with Gasteiger partial charge in [-0.25, -0.2) is 4.68 Å². The van der Waals surface area contributed by atoms with Gasteiger partial charge in [-0.15, -0.1) is 5.10 Å². The Kier molecular flexibility index (Phi) is 6.05. The number of rotatable bonds is 8. The number of ether oxygens (including phenoxy) is 2. The van der Waals surface area contributed by atoms with Crippen LogP contribution in [0, 0.1) is 6.92 Å². The van der Waals surface area contributed by atoms with Gasteiger partial charge in [0.05, 0.1) is 25.5 Å². The fourth-order valence-electron chi connectivity index (χ4n) is 2.66. The van der Waals surface area contributed by atoms with Crippen molar-refractivity contribution in [2.24, 2.45) is 0 Å². The van der Waals surface area contributed by atoms with Gasteiger partial charge >= 0.3 is 6.01 Å². The van der Waals surface area contributed by atoms with Crippen LogP contribution in [-0.2, 0) is 4.74 Å². The molecule has 0 saturated carbocycles. The Hall–Kier alpha value is -2.90. The van der Waals surface area contributed by atoms with Crippen molar-refractivity contribution in [1.29, 1.82) is 0 Å². The highest BCUT2D eigenvalue weighted by molar-refractivity contribution is 5.60. The van der Waals surface area contributed by atoms with E-state index in [4.69, 9.17) is 9.47 Å². The van der Waals surface area contributed by atoms with Crippen molar-refractivity contribution in [2.75, 3.05) is 32.7 Å². The van der Waals surface area contributed by atoms with Gasteiger partial charge in [0.15, 0.2) is 5.82 Å². The number of anilines is 1. The Morgan fingerprint density at radius 1 is 1.07 bits per heavy atom. The molecule has 0 aliphatic heterocycles. The highest BCUT2D eigenvalue weighted by Crippen LogP contribution is 2.24. The van der Waals surface area contributed by atoms with E-state index in [2.05, 4.69) is 15.4 Å². The van der Waals surface area contributed by atoms with E-state index in [1.54, 1.807) is 18.9 Å². The minimum Gasteiger partial charge on any atom is -0.466 e. The molecular formula is C20H24N4O3. The molecule has 142 valence electrons. The Morgan fingerprint density at radius 2 is 1.78 bits per heavy atom. The number of aliphatic hydroxyl groups excluding tert-OH is 1. The molecule has 2 aromatic carbocycles. The van der Waals surface area contributed by atoms with Crippen molar-refractivity contribution >= 4 is 5.69 Å². The van der Waals surface area contributed by atoms with Crippen LogP contribution in [0.3, 0.4) is 0 Å². The summed E-state index contributed by atoms with van der Waals surface area (Å²) in [7, 11) is 3.12. The number of aliphatic hydroxyl groups is 1. The Labute approximate surface area is 158 Å². The van der Waals surface area contributed by atoms with E-state index < -0.39 is 6.10 Å². The molecule has 1 atom stereocenters. The summed E-state index contributed by atoms with van der Waals surface area (Å²) in [6.45, 7) is 2.76. The molecule has 3 aromatic rings. The van der Waals surface area contributed by atoms with Crippen molar-refractivity contribution in [3.05, 3.63) is 54.1 Å². The second-order valence-electron chi connectivity index (χ2n) is 6.24. The van der Waals surface area contributed by atoms with E-state index in [1.165, 1.54) is 5.56 Å². The standard InChI is InChI=1S/C20H24N4O3/c1-14-4-6-15(7-5-14)19-22-20(27-3)23-24(19)17-10-8-16(9-11-17)21-12-18(25)13-26-2/h4-11,18,21,25H,12-13H2,1-3H3. The molecule has 0 radical (unpaired) electrons. The first kappa shape index (κ1) is 18.9. The molecule has 0 aliphatic carbocycles. The number of aryl methyl sites for hydroxylation is 1. The molecule has 0 spiro atoms. The topological polar surface area (TPSA) is 81.4 Å². The fourth-order valence-corrected chi connectivity index (χ4v) is 2.66. The lowest BCUT2D eigenvalue weighted by atomic mass is 10.1. The van der Waals surface area contributed by atoms with Crippen LogP contribution in [0.2, 0.25) is 0 Å². The second-order valence-corrected chi connectivity index (χ2v) is 6.24. The molecular weight excluding hydrogens is 344 g/mol. The smallest absolute Gasteiger partial charge is 0.336 e. The average Bonchev–Trinajstić information content (AvgIpc) is 3.12. The van der Waals surface area contributed by atoms with E-state index in [0.29, 0.717) is 25.0 Å². The molecule has 0 bridgehead atoms. The maximum atomic E-state index is 9.73. The van der Waals surface area contributed by atoms with Crippen LogP contribution in [0.4, 0.5) is 5.69 Å². The average molecular weight is 368 g/mol. The summed E-state index contributed by atoms with van der Waals surface area (Å²) in [4.78, 5) is 4.47. The molecule has 1 unspecified atom stereocenters. The van der Waals surface area contributed by atoms with Gasteiger partial charge in [0.1, 0.15) is 0 Å². The van der Waals surface area contributed by atoms with E-state index >= 15 is 0 Å². The van der Waals surface area contributed by atoms with Crippen molar-refractivity contribution in [1.82, 2.24) is 14.8 Å². The monoisotopic (exact) mass is 368 g/mol. The molecule has 1 aromatic heterocycles. The predicted molar refractivity (Wildman–Crippen MR) is 104 cm³/mol. The van der Waals surface area contributed by atoms with Crippen molar-refractivity contribution in [3.8, 4) is 23.1 Å². The largest absolute Gasteiger partial charge is 0.466 e. The lowest BCUT2D eigenvalue weighted by Crippen LogP contribution is -2.24. The maximum Gasteiger partial charge on any atom is 0.336 e. The zero-order valence-corrected chi connectivity index (χ0v) is 15.7. The molecule has 0 aliphatic rings. The third-order valence-electron chi connectivity index (χ3n) is 4.09.